The topological polar surface area (TPSA) is 173 Å². The molecule has 0 unspecified atom stereocenters. The van der Waals surface area contributed by atoms with Crippen molar-refractivity contribution in [3.63, 3.8) is 0 Å². The van der Waals surface area contributed by atoms with E-state index in [4.69, 9.17) is 9.47 Å². The fourth-order valence-electron chi connectivity index (χ4n) is 6.05. The quantitative estimate of drug-likeness (QED) is 0.294. The predicted octanol–water partition coefficient (Wildman–Crippen LogP) is 3.71. The van der Waals surface area contributed by atoms with Crippen LogP contribution in [-0.2, 0) is 29.1 Å². The van der Waals surface area contributed by atoms with E-state index in [9.17, 15) is 27.6 Å². The summed E-state index contributed by atoms with van der Waals surface area (Å²) in [5.74, 6) is -2.28. The highest BCUT2D eigenvalue weighted by Crippen LogP contribution is 2.45. The van der Waals surface area contributed by atoms with E-state index < -0.39 is 79.7 Å². The van der Waals surface area contributed by atoms with Gasteiger partial charge in [0.05, 0.1) is 17.5 Å². The van der Waals surface area contributed by atoms with Crippen molar-refractivity contribution in [3.05, 3.63) is 61.2 Å². The first-order valence-corrected chi connectivity index (χ1v) is 18.4. The number of carbonyl (C=O) groups is 4. The lowest BCUT2D eigenvalue weighted by atomic mass is 9.85. The number of nitrogens with zero attached hydrogens (tertiary/aromatic N) is 2. The first-order valence-electron chi connectivity index (χ1n) is 16.8. The zero-order chi connectivity index (χ0) is 36.6. The lowest BCUT2D eigenvalue weighted by molar-refractivity contribution is -0.143. The second-order valence-electron chi connectivity index (χ2n) is 15.3. The maximum Gasteiger partial charge on any atom is 0.408 e. The van der Waals surface area contributed by atoms with Gasteiger partial charge < -0.3 is 25.0 Å². The van der Waals surface area contributed by atoms with Crippen molar-refractivity contribution in [2.75, 3.05) is 6.54 Å². The molecular weight excluding hydrogens is 662 g/mol. The number of pyridine rings is 1. The molecule has 4 amide bonds. The Morgan fingerprint density at radius 1 is 1.02 bits per heavy atom. The molecule has 1 aromatic heterocycles. The molecule has 5 atom stereocenters. The average Bonchev–Trinajstić information content (AvgIpc) is 3.96. The molecule has 50 heavy (non-hydrogen) atoms. The summed E-state index contributed by atoms with van der Waals surface area (Å²) in [7, 11) is -3.89. The molecule has 2 aromatic rings. The fraction of sp³-hybridized carbons (Fsp3) is 0.528. The van der Waals surface area contributed by atoms with Crippen LogP contribution in [0.2, 0.25) is 0 Å². The lowest BCUT2D eigenvalue weighted by Gasteiger charge is -2.36. The molecule has 2 heterocycles. The number of alkyl carbamates (subject to hydrolysis) is 1. The minimum absolute atomic E-state index is 0.0309. The van der Waals surface area contributed by atoms with Crippen LogP contribution in [0.1, 0.15) is 67.2 Å². The van der Waals surface area contributed by atoms with E-state index >= 15 is 0 Å². The Morgan fingerprint density at radius 3 is 2.28 bits per heavy atom. The van der Waals surface area contributed by atoms with Crippen molar-refractivity contribution >= 4 is 33.8 Å². The van der Waals surface area contributed by atoms with Crippen LogP contribution in [0.3, 0.4) is 0 Å². The Labute approximate surface area is 293 Å². The smallest absolute Gasteiger partial charge is 0.408 e. The van der Waals surface area contributed by atoms with E-state index in [1.807, 2.05) is 36.4 Å². The van der Waals surface area contributed by atoms with Gasteiger partial charge in [-0.05, 0) is 51.5 Å². The maximum absolute atomic E-state index is 14.4. The molecule has 3 aliphatic rings. The molecule has 270 valence electrons. The van der Waals surface area contributed by atoms with Gasteiger partial charge in [0.2, 0.25) is 27.7 Å². The Bertz CT molecular complexity index is 1750. The van der Waals surface area contributed by atoms with Crippen LogP contribution in [0.25, 0.3) is 11.3 Å². The average molecular weight is 710 g/mol. The largest absolute Gasteiger partial charge is 0.472 e. The number of nitrogens with one attached hydrogen (secondary N) is 3. The molecule has 0 spiro atoms. The number of hydrogen-bond donors (Lipinski definition) is 3. The number of carbonyl (C=O) groups excluding carboxylic acids is 4. The third-order valence-electron chi connectivity index (χ3n) is 8.95. The van der Waals surface area contributed by atoms with Crippen LogP contribution in [0.15, 0.2) is 61.2 Å². The van der Waals surface area contributed by atoms with Gasteiger partial charge in [-0.3, -0.25) is 19.1 Å². The zero-order valence-corrected chi connectivity index (χ0v) is 30.2. The summed E-state index contributed by atoms with van der Waals surface area (Å²) in [6.07, 6.45) is 1.12. The number of sulfonamides is 1. The van der Waals surface area contributed by atoms with Crippen molar-refractivity contribution in [2.45, 2.75) is 102 Å². The molecule has 14 heteroatoms. The van der Waals surface area contributed by atoms with Crippen LogP contribution in [-0.4, -0.2) is 83.2 Å². The zero-order valence-electron chi connectivity index (χ0n) is 29.4. The van der Waals surface area contributed by atoms with Crippen LogP contribution in [0.4, 0.5) is 4.79 Å². The summed E-state index contributed by atoms with van der Waals surface area (Å²) in [6.45, 7) is 14.2. The van der Waals surface area contributed by atoms with Gasteiger partial charge in [0, 0.05) is 24.0 Å². The SMILES string of the molecule is C=C[C@@H]1C[C@]1(NC(=O)[C@@H]1C[C@@H](Oc2cccc(-c3ccccc3)n2)CN1C(=O)[C@@H](NC(=O)OC(C)(C)C)C(C)(C)C)C(=O)NS(=O)(=O)C1CC1. The molecule has 0 bridgehead atoms. The molecule has 1 aliphatic heterocycles. The number of rotatable bonds is 11. The fourth-order valence-corrected chi connectivity index (χ4v) is 7.42. The summed E-state index contributed by atoms with van der Waals surface area (Å²) < 4.78 is 39.2. The first kappa shape index (κ1) is 36.8. The second-order valence-corrected chi connectivity index (χ2v) is 17.3. The summed E-state index contributed by atoms with van der Waals surface area (Å²) in [5, 5.41) is 4.84. The molecule has 3 N–H and O–H groups in total. The van der Waals surface area contributed by atoms with Crippen molar-refractivity contribution < 1.29 is 37.1 Å². The Balaban J connectivity index is 1.42. The third kappa shape index (κ3) is 8.45. The van der Waals surface area contributed by atoms with Crippen LogP contribution in [0.5, 0.6) is 5.88 Å². The van der Waals surface area contributed by atoms with Gasteiger partial charge in [-0.15, -0.1) is 6.58 Å². The Kier molecular flexibility index (Phi) is 10.1. The van der Waals surface area contributed by atoms with Crippen molar-refractivity contribution in [1.29, 1.82) is 0 Å². The van der Waals surface area contributed by atoms with E-state index in [1.54, 1.807) is 53.7 Å². The van der Waals surface area contributed by atoms with Gasteiger partial charge in [0.25, 0.3) is 5.91 Å². The molecule has 2 aliphatic carbocycles. The molecule has 0 radical (unpaired) electrons. The van der Waals surface area contributed by atoms with Gasteiger partial charge >= 0.3 is 6.09 Å². The summed E-state index contributed by atoms with van der Waals surface area (Å²) in [4.78, 5) is 60.8. The molecular formula is C36H47N5O8S. The molecule has 1 aromatic carbocycles. The van der Waals surface area contributed by atoms with Crippen molar-refractivity contribution in [1.82, 2.24) is 25.2 Å². The lowest BCUT2D eigenvalue weighted by Crippen LogP contribution is -2.60. The summed E-state index contributed by atoms with van der Waals surface area (Å²) in [5.41, 5.74) is -1.61. The van der Waals surface area contributed by atoms with Gasteiger partial charge in [-0.1, -0.05) is 63.2 Å². The number of aromatic nitrogens is 1. The predicted molar refractivity (Wildman–Crippen MR) is 186 cm³/mol. The van der Waals surface area contributed by atoms with Crippen LogP contribution in [0, 0.1) is 11.3 Å². The standard InChI is InChI=1S/C36H47N5O8S/c1-8-23-20-36(23,32(44)40-50(46,47)25-17-18-25)39-30(42)27-19-24(48-28-16-12-15-26(37-28)22-13-10-9-11-14-22)21-41(27)31(43)29(34(2,3)4)38-33(45)49-35(5,6)7/h8-16,23-25,27,29H,1,17-21H2,2-7H3,(H,38,45)(H,39,42)(H,40,44)/t23-,24-,27+,29-,36-/m1/s1. The van der Waals surface area contributed by atoms with E-state index in [-0.39, 0.29) is 19.4 Å². The van der Waals surface area contributed by atoms with Crippen molar-refractivity contribution in [3.8, 4) is 17.1 Å². The highest BCUT2D eigenvalue weighted by Gasteiger charge is 2.62. The monoisotopic (exact) mass is 709 g/mol. The second kappa shape index (κ2) is 13.7. The minimum atomic E-state index is -3.89. The van der Waals surface area contributed by atoms with Gasteiger partial charge in [-0.2, -0.15) is 0 Å². The normalized spacial score (nSPS) is 24.0. The van der Waals surface area contributed by atoms with Gasteiger partial charge in [0.15, 0.2) is 0 Å². The van der Waals surface area contributed by atoms with E-state index in [0.717, 1.165) is 5.56 Å². The van der Waals surface area contributed by atoms with E-state index in [2.05, 4.69) is 26.9 Å². The Morgan fingerprint density at radius 2 is 1.70 bits per heavy atom. The molecule has 5 rings (SSSR count). The Hall–Kier alpha value is -4.46. The minimum Gasteiger partial charge on any atom is -0.472 e. The van der Waals surface area contributed by atoms with Crippen molar-refractivity contribution in [2.24, 2.45) is 11.3 Å². The van der Waals surface area contributed by atoms with E-state index in [0.29, 0.717) is 24.4 Å². The number of likely N-dealkylation sites (tertiary alicyclic amines) is 1. The molecule has 1 saturated heterocycles. The highest BCUT2D eigenvalue weighted by atomic mass is 32.2. The van der Waals surface area contributed by atoms with Gasteiger partial charge in [0.1, 0.15) is 29.3 Å². The maximum atomic E-state index is 14.4. The number of amides is 4. The molecule has 2 saturated carbocycles. The number of ether oxygens (including phenoxy) is 2. The first-order chi connectivity index (χ1) is 23.3. The number of hydrogen-bond acceptors (Lipinski definition) is 9. The summed E-state index contributed by atoms with van der Waals surface area (Å²) in [6, 6.07) is 12.6. The summed E-state index contributed by atoms with van der Waals surface area (Å²) >= 11 is 0. The molecule has 3 fully saturated rings. The molecule has 13 nitrogen and oxygen atoms in total. The number of benzene rings is 1. The van der Waals surface area contributed by atoms with E-state index in [1.165, 1.54) is 11.0 Å². The highest BCUT2D eigenvalue weighted by molar-refractivity contribution is 7.91. The third-order valence-corrected chi connectivity index (χ3v) is 10.8. The van der Waals surface area contributed by atoms with Crippen LogP contribution < -0.4 is 20.1 Å². The van der Waals surface area contributed by atoms with Gasteiger partial charge in [-0.25, -0.2) is 18.2 Å². The van der Waals surface area contributed by atoms with Crippen LogP contribution >= 0.6 is 0 Å².